The molecule has 0 aliphatic heterocycles. The Morgan fingerprint density at radius 2 is 2.17 bits per heavy atom. The maximum absolute atomic E-state index is 4.21. The molecule has 0 N–H and O–H groups in total. The van der Waals surface area contributed by atoms with Gasteiger partial charge in [-0.3, -0.25) is 4.68 Å². The molecule has 2 aromatic heterocycles. The van der Waals surface area contributed by atoms with Crippen LogP contribution in [0.1, 0.15) is 19.9 Å². The van der Waals surface area contributed by atoms with Crippen molar-refractivity contribution in [3.8, 4) is 0 Å². The predicted octanol–water partition coefficient (Wildman–Crippen LogP) is 1.41. The number of rotatable bonds is 1. The molecule has 4 heteroatoms. The van der Waals surface area contributed by atoms with E-state index in [4.69, 9.17) is 0 Å². The van der Waals surface area contributed by atoms with Gasteiger partial charge in [0, 0.05) is 6.04 Å². The van der Waals surface area contributed by atoms with Crippen molar-refractivity contribution in [1.82, 2.24) is 19.7 Å². The molecule has 0 aliphatic rings. The first kappa shape index (κ1) is 7.21. The number of fused-ring (bicyclic) bond motifs is 1. The molecule has 0 saturated carbocycles. The van der Waals surface area contributed by atoms with Crippen LogP contribution in [0.15, 0.2) is 18.7 Å². The van der Waals surface area contributed by atoms with Crippen molar-refractivity contribution in [3.05, 3.63) is 18.7 Å². The number of hydrogen-bond acceptors (Lipinski definition) is 3. The third-order valence-electron chi connectivity index (χ3n) is 1.76. The van der Waals surface area contributed by atoms with Gasteiger partial charge in [-0.1, -0.05) is 0 Å². The van der Waals surface area contributed by atoms with Crippen LogP contribution in [0, 0.1) is 0 Å². The fraction of sp³-hybridized carbons (Fsp3) is 0.375. The first-order valence-electron chi connectivity index (χ1n) is 3.92. The van der Waals surface area contributed by atoms with Crippen LogP contribution in [0.25, 0.3) is 11.0 Å². The van der Waals surface area contributed by atoms with Crippen LogP contribution in [0.4, 0.5) is 0 Å². The van der Waals surface area contributed by atoms with Crippen LogP contribution in [-0.2, 0) is 0 Å². The van der Waals surface area contributed by atoms with Gasteiger partial charge in [-0.05, 0) is 13.8 Å². The highest BCUT2D eigenvalue weighted by molar-refractivity contribution is 5.72. The van der Waals surface area contributed by atoms with E-state index in [9.17, 15) is 0 Å². The third-order valence-corrected chi connectivity index (χ3v) is 1.76. The molecule has 0 aromatic carbocycles. The monoisotopic (exact) mass is 162 g/mol. The predicted molar refractivity (Wildman–Crippen MR) is 45.7 cm³/mol. The lowest BCUT2D eigenvalue weighted by molar-refractivity contribution is 0.550. The summed E-state index contributed by atoms with van der Waals surface area (Å²) >= 11 is 0. The molecular formula is C8H10N4. The summed E-state index contributed by atoms with van der Waals surface area (Å²) in [5.74, 6) is 0. The smallest absolute Gasteiger partial charge is 0.116 e. The highest BCUT2D eigenvalue weighted by Crippen LogP contribution is 2.13. The van der Waals surface area contributed by atoms with E-state index in [1.54, 1.807) is 12.4 Å². The summed E-state index contributed by atoms with van der Waals surface area (Å²) in [4.78, 5) is 8.05. The van der Waals surface area contributed by atoms with E-state index in [1.165, 1.54) is 6.33 Å². The molecule has 2 rings (SSSR count). The van der Waals surface area contributed by atoms with Crippen LogP contribution in [-0.4, -0.2) is 19.7 Å². The van der Waals surface area contributed by atoms with E-state index in [1.807, 2.05) is 4.68 Å². The van der Waals surface area contributed by atoms with Crippen molar-refractivity contribution in [2.75, 3.05) is 0 Å². The van der Waals surface area contributed by atoms with Crippen LogP contribution in [0.2, 0.25) is 0 Å². The summed E-state index contributed by atoms with van der Waals surface area (Å²) in [7, 11) is 0. The summed E-state index contributed by atoms with van der Waals surface area (Å²) in [5.41, 5.74) is 1.89. The fourth-order valence-corrected chi connectivity index (χ4v) is 1.20. The summed E-state index contributed by atoms with van der Waals surface area (Å²) in [6, 6.07) is 0.355. The second-order valence-electron chi connectivity index (χ2n) is 2.98. The first-order chi connectivity index (χ1) is 5.79. The molecule has 0 atom stereocenters. The topological polar surface area (TPSA) is 43.6 Å². The molecule has 0 saturated heterocycles. The largest absolute Gasteiger partial charge is 0.259 e. The first-order valence-corrected chi connectivity index (χ1v) is 3.92. The Morgan fingerprint density at radius 1 is 1.33 bits per heavy atom. The minimum atomic E-state index is 0.355. The normalized spacial score (nSPS) is 11.2. The van der Waals surface area contributed by atoms with Gasteiger partial charge in [0.1, 0.15) is 17.4 Å². The molecule has 2 aromatic rings. The van der Waals surface area contributed by atoms with E-state index in [2.05, 4.69) is 28.9 Å². The lowest BCUT2D eigenvalue weighted by Gasteiger charge is -2.05. The zero-order valence-corrected chi connectivity index (χ0v) is 7.10. The van der Waals surface area contributed by atoms with Gasteiger partial charge in [-0.2, -0.15) is 5.10 Å². The molecule has 12 heavy (non-hydrogen) atoms. The Morgan fingerprint density at radius 3 is 2.92 bits per heavy atom. The minimum Gasteiger partial charge on any atom is -0.259 e. The number of aromatic nitrogens is 4. The van der Waals surface area contributed by atoms with Crippen LogP contribution < -0.4 is 0 Å². The van der Waals surface area contributed by atoms with E-state index in [-0.39, 0.29) is 0 Å². The van der Waals surface area contributed by atoms with Gasteiger partial charge in [0.05, 0.1) is 12.4 Å². The average Bonchev–Trinajstić information content (AvgIpc) is 2.47. The van der Waals surface area contributed by atoms with Gasteiger partial charge < -0.3 is 0 Å². The van der Waals surface area contributed by atoms with E-state index >= 15 is 0 Å². The highest BCUT2D eigenvalue weighted by atomic mass is 15.3. The lowest BCUT2D eigenvalue weighted by atomic mass is 10.4. The van der Waals surface area contributed by atoms with Gasteiger partial charge in [0.25, 0.3) is 0 Å². The second-order valence-corrected chi connectivity index (χ2v) is 2.98. The van der Waals surface area contributed by atoms with Crippen molar-refractivity contribution in [1.29, 1.82) is 0 Å². The molecule has 0 unspecified atom stereocenters. The van der Waals surface area contributed by atoms with Gasteiger partial charge in [-0.15, -0.1) is 0 Å². The number of hydrogen-bond donors (Lipinski definition) is 0. The molecule has 0 fully saturated rings. The third kappa shape index (κ3) is 0.958. The van der Waals surface area contributed by atoms with Crippen molar-refractivity contribution in [2.24, 2.45) is 0 Å². The Bertz CT molecular complexity index is 391. The molecule has 4 nitrogen and oxygen atoms in total. The zero-order chi connectivity index (χ0) is 8.55. The summed E-state index contributed by atoms with van der Waals surface area (Å²) < 4.78 is 1.91. The molecule has 0 radical (unpaired) electrons. The summed E-state index contributed by atoms with van der Waals surface area (Å²) in [5, 5.41) is 4.21. The maximum Gasteiger partial charge on any atom is 0.116 e. The molecule has 0 amide bonds. The Balaban J connectivity index is 2.70. The average molecular weight is 162 g/mol. The second kappa shape index (κ2) is 2.55. The fourth-order valence-electron chi connectivity index (χ4n) is 1.20. The SMILES string of the molecule is CC(C)n1ncc2ncncc21. The molecular weight excluding hydrogens is 152 g/mol. The van der Waals surface area contributed by atoms with Crippen LogP contribution >= 0.6 is 0 Å². The zero-order valence-electron chi connectivity index (χ0n) is 7.10. The van der Waals surface area contributed by atoms with Gasteiger partial charge in [0.2, 0.25) is 0 Å². The lowest BCUT2D eigenvalue weighted by Crippen LogP contribution is -2.01. The van der Waals surface area contributed by atoms with Gasteiger partial charge in [0.15, 0.2) is 0 Å². The molecule has 0 aliphatic carbocycles. The van der Waals surface area contributed by atoms with Crippen molar-refractivity contribution in [3.63, 3.8) is 0 Å². The molecule has 0 spiro atoms. The van der Waals surface area contributed by atoms with Crippen molar-refractivity contribution in [2.45, 2.75) is 19.9 Å². The van der Waals surface area contributed by atoms with Crippen molar-refractivity contribution < 1.29 is 0 Å². The molecule has 62 valence electrons. The minimum absolute atomic E-state index is 0.355. The summed E-state index contributed by atoms with van der Waals surface area (Å²) in [6.07, 6.45) is 5.08. The molecule has 0 bridgehead atoms. The molecule has 2 heterocycles. The van der Waals surface area contributed by atoms with Crippen molar-refractivity contribution >= 4 is 11.0 Å². The van der Waals surface area contributed by atoms with E-state index in [0.717, 1.165) is 11.0 Å². The van der Waals surface area contributed by atoms with Gasteiger partial charge in [-0.25, -0.2) is 9.97 Å². The van der Waals surface area contributed by atoms with E-state index in [0.29, 0.717) is 6.04 Å². The Kier molecular flexibility index (Phi) is 1.53. The van der Waals surface area contributed by atoms with E-state index < -0.39 is 0 Å². The Labute approximate surface area is 70.3 Å². The highest BCUT2D eigenvalue weighted by Gasteiger charge is 2.04. The number of nitrogens with zero attached hydrogens (tertiary/aromatic N) is 4. The standard InChI is InChI=1S/C8H10N4/c1-6(2)12-8-4-9-5-10-7(8)3-11-12/h3-6H,1-2H3. The summed E-state index contributed by atoms with van der Waals surface area (Å²) in [6.45, 7) is 4.17. The van der Waals surface area contributed by atoms with Crippen LogP contribution in [0.5, 0.6) is 0 Å². The maximum atomic E-state index is 4.21. The quantitative estimate of drug-likeness (QED) is 0.636. The Hall–Kier alpha value is -1.45. The van der Waals surface area contributed by atoms with Crippen LogP contribution in [0.3, 0.4) is 0 Å². The van der Waals surface area contributed by atoms with Gasteiger partial charge >= 0.3 is 0 Å².